The second-order valence-corrected chi connectivity index (χ2v) is 8.12. The third-order valence-electron chi connectivity index (χ3n) is 5.47. The number of nitrogen functional groups attached to an aromatic ring is 1. The third-order valence-corrected chi connectivity index (χ3v) is 6.20. The van der Waals surface area contributed by atoms with E-state index in [-0.39, 0.29) is 5.82 Å². The number of benzene rings is 1. The Morgan fingerprint density at radius 3 is 2.96 bits per heavy atom. The molecular formula is C19H27N5O2S. The molecule has 2 unspecified atom stereocenters. The van der Waals surface area contributed by atoms with Crippen molar-refractivity contribution in [1.29, 1.82) is 0 Å². The number of hydrogen-bond acceptors (Lipinski definition) is 6. The first-order valence-electron chi connectivity index (χ1n) is 9.78. The van der Waals surface area contributed by atoms with Gasteiger partial charge in [-0.05, 0) is 56.0 Å². The predicted octanol–water partition coefficient (Wildman–Crippen LogP) is 2.56. The van der Waals surface area contributed by atoms with Crippen molar-refractivity contribution in [1.82, 2.24) is 13.6 Å². The standard InChI is InChI=1S/C19H27N5O2S/c20-18-19(23-27(25)22-18)21-10-5-13-26-17-7-4-6-14-15(17)8-9-16(14)24-11-2-1-3-12-24/h4,6-7,16H,1-3,5,8-13H2,(H2,20,22)(H,21,23). The summed E-state index contributed by atoms with van der Waals surface area (Å²) in [5.74, 6) is 1.22. The molecule has 0 amide bonds. The summed E-state index contributed by atoms with van der Waals surface area (Å²) in [7, 11) is 0. The zero-order chi connectivity index (χ0) is 18.6. The van der Waals surface area contributed by atoms with E-state index in [1.165, 1.54) is 49.9 Å². The van der Waals surface area contributed by atoms with Gasteiger partial charge in [-0.25, -0.2) is 0 Å². The highest BCUT2D eigenvalue weighted by Crippen LogP contribution is 2.41. The lowest BCUT2D eigenvalue weighted by Gasteiger charge is -2.32. The lowest BCUT2D eigenvalue weighted by Crippen LogP contribution is -2.32. The van der Waals surface area contributed by atoms with Crippen LogP contribution in [0.3, 0.4) is 0 Å². The molecule has 2 atom stereocenters. The highest BCUT2D eigenvalue weighted by Gasteiger charge is 2.30. The van der Waals surface area contributed by atoms with E-state index in [9.17, 15) is 4.55 Å². The van der Waals surface area contributed by atoms with Gasteiger partial charge in [0.25, 0.3) is 0 Å². The van der Waals surface area contributed by atoms with Crippen molar-refractivity contribution in [3.8, 4) is 5.75 Å². The van der Waals surface area contributed by atoms with Gasteiger partial charge in [0.1, 0.15) is 5.75 Å². The molecule has 1 fully saturated rings. The van der Waals surface area contributed by atoms with Gasteiger partial charge in [0.15, 0.2) is 11.1 Å². The van der Waals surface area contributed by atoms with Gasteiger partial charge in [-0.2, -0.15) is 0 Å². The topological polar surface area (TPSA) is 103 Å². The quantitative estimate of drug-likeness (QED) is 0.584. The molecule has 7 nitrogen and oxygen atoms in total. The summed E-state index contributed by atoms with van der Waals surface area (Å²) >= 11 is -1.48. The number of ether oxygens (including phenoxy) is 1. The SMILES string of the molecule is Nc1n[s+]([O-])[nH]c1=NCCCOc1cccc2c1CCC2N1CCCCC1. The number of hydrogen-bond donors (Lipinski definition) is 2. The highest BCUT2D eigenvalue weighted by molar-refractivity contribution is 7.13. The molecule has 1 aromatic heterocycles. The first kappa shape index (κ1) is 18.5. The molecule has 1 aliphatic carbocycles. The van der Waals surface area contributed by atoms with Crippen LogP contribution >= 0.6 is 11.1 Å². The molecule has 1 saturated heterocycles. The monoisotopic (exact) mass is 389 g/mol. The normalized spacial score (nSPS) is 21.4. The molecule has 0 radical (unpaired) electrons. The minimum absolute atomic E-state index is 0.207. The summed E-state index contributed by atoms with van der Waals surface area (Å²) in [6.45, 7) is 3.60. The minimum atomic E-state index is -1.48. The van der Waals surface area contributed by atoms with E-state index in [0.29, 0.717) is 24.7 Å². The van der Waals surface area contributed by atoms with Gasteiger partial charge in [0.05, 0.1) is 6.61 Å². The fourth-order valence-electron chi connectivity index (χ4n) is 4.18. The molecule has 3 N–H and O–H groups in total. The summed E-state index contributed by atoms with van der Waals surface area (Å²) in [6.07, 6.45) is 7.07. The van der Waals surface area contributed by atoms with Gasteiger partial charge in [-0.3, -0.25) is 9.89 Å². The molecule has 4 rings (SSSR count). The summed E-state index contributed by atoms with van der Waals surface area (Å²) in [5, 5.41) is 0. The van der Waals surface area contributed by atoms with Gasteiger partial charge < -0.3 is 15.0 Å². The average molecular weight is 390 g/mol. The molecule has 1 aliphatic heterocycles. The van der Waals surface area contributed by atoms with Crippen molar-refractivity contribution in [3.63, 3.8) is 0 Å². The van der Waals surface area contributed by atoms with Crippen LogP contribution in [0.5, 0.6) is 5.75 Å². The molecule has 2 aliphatic rings. The molecule has 27 heavy (non-hydrogen) atoms. The van der Waals surface area contributed by atoms with Gasteiger partial charge in [0, 0.05) is 23.4 Å². The summed E-state index contributed by atoms with van der Waals surface area (Å²) in [6, 6.07) is 7.03. The van der Waals surface area contributed by atoms with Crippen molar-refractivity contribution >= 4 is 17.0 Å². The molecule has 8 heteroatoms. The van der Waals surface area contributed by atoms with Crippen LogP contribution in [-0.4, -0.2) is 44.4 Å². The molecule has 1 aromatic carbocycles. The van der Waals surface area contributed by atoms with Crippen molar-refractivity contribution in [2.45, 2.75) is 44.6 Å². The predicted molar refractivity (Wildman–Crippen MR) is 105 cm³/mol. The number of nitrogens with zero attached hydrogens (tertiary/aromatic N) is 3. The Hall–Kier alpha value is -1.90. The Morgan fingerprint density at radius 2 is 2.19 bits per heavy atom. The Bertz CT molecular complexity index is 841. The van der Waals surface area contributed by atoms with Crippen LogP contribution in [0.1, 0.15) is 49.3 Å². The van der Waals surface area contributed by atoms with E-state index in [1.807, 2.05) is 0 Å². The summed E-state index contributed by atoms with van der Waals surface area (Å²) in [4.78, 5) is 6.95. The number of nitrogens with one attached hydrogen (secondary N) is 1. The lowest BCUT2D eigenvalue weighted by atomic mass is 10.0. The maximum Gasteiger partial charge on any atom is 0.229 e. The number of aromatic amines is 1. The molecule has 2 aromatic rings. The summed E-state index contributed by atoms with van der Waals surface area (Å²) in [5.41, 5.74) is 8.89. The number of likely N-dealkylation sites (tertiary alicyclic amines) is 1. The van der Waals surface area contributed by atoms with Gasteiger partial charge in [0.2, 0.25) is 11.3 Å². The maximum absolute atomic E-state index is 11.2. The fourth-order valence-corrected chi connectivity index (χ4v) is 4.83. The number of aromatic nitrogens is 2. The van der Waals surface area contributed by atoms with E-state index in [4.69, 9.17) is 10.5 Å². The van der Waals surface area contributed by atoms with Gasteiger partial charge >= 0.3 is 0 Å². The largest absolute Gasteiger partial charge is 0.548 e. The number of fused-ring (bicyclic) bond motifs is 1. The second kappa shape index (κ2) is 8.41. The molecule has 0 spiro atoms. The minimum Gasteiger partial charge on any atom is -0.548 e. The molecule has 0 bridgehead atoms. The number of H-pyrrole nitrogens is 1. The summed E-state index contributed by atoms with van der Waals surface area (Å²) < 4.78 is 23.6. The van der Waals surface area contributed by atoms with Crippen molar-refractivity contribution in [2.75, 3.05) is 32.0 Å². The third kappa shape index (κ3) is 4.17. The fraction of sp³-hybridized carbons (Fsp3) is 0.579. The van der Waals surface area contributed by atoms with Crippen LogP contribution in [0.2, 0.25) is 0 Å². The van der Waals surface area contributed by atoms with Crippen LogP contribution < -0.4 is 16.0 Å². The second-order valence-electron chi connectivity index (χ2n) is 7.24. The van der Waals surface area contributed by atoms with E-state index < -0.39 is 11.1 Å². The van der Waals surface area contributed by atoms with E-state index >= 15 is 0 Å². The molecule has 2 heterocycles. The van der Waals surface area contributed by atoms with Crippen molar-refractivity contribution in [3.05, 3.63) is 34.8 Å². The Morgan fingerprint density at radius 1 is 1.33 bits per heavy atom. The number of piperidine rings is 1. The van der Waals surface area contributed by atoms with Gasteiger partial charge in [-0.15, -0.1) is 4.37 Å². The number of anilines is 1. The molecular weight excluding hydrogens is 362 g/mol. The first-order chi connectivity index (χ1) is 13.2. The zero-order valence-corrected chi connectivity index (χ0v) is 16.3. The van der Waals surface area contributed by atoms with Crippen LogP contribution in [0.4, 0.5) is 5.82 Å². The van der Waals surface area contributed by atoms with E-state index in [0.717, 1.165) is 18.6 Å². The zero-order valence-electron chi connectivity index (χ0n) is 15.5. The Kier molecular flexibility index (Phi) is 5.75. The van der Waals surface area contributed by atoms with Gasteiger partial charge in [-0.1, -0.05) is 18.6 Å². The van der Waals surface area contributed by atoms with Crippen LogP contribution in [0, 0.1) is 0 Å². The van der Waals surface area contributed by atoms with Crippen LogP contribution in [0.25, 0.3) is 0 Å². The number of rotatable bonds is 6. The van der Waals surface area contributed by atoms with E-state index in [2.05, 4.69) is 36.8 Å². The first-order valence-corrected chi connectivity index (χ1v) is 10.9. The van der Waals surface area contributed by atoms with Crippen molar-refractivity contribution in [2.24, 2.45) is 4.99 Å². The maximum atomic E-state index is 11.2. The average Bonchev–Trinajstić information content (AvgIpc) is 3.25. The smallest absolute Gasteiger partial charge is 0.229 e. The highest BCUT2D eigenvalue weighted by atomic mass is 32.2. The Labute approximate surface area is 162 Å². The van der Waals surface area contributed by atoms with Crippen molar-refractivity contribution < 1.29 is 9.29 Å². The van der Waals surface area contributed by atoms with E-state index in [1.54, 1.807) is 0 Å². The molecule has 146 valence electrons. The molecule has 0 saturated carbocycles. The lowest BCUT2D eigenvalue weighted by molar-refractivity contribution is 0.163. The number of nitrogens with two attached hydrogens (primary N) is 1. The van der Waals surface area contributed by atoms with Crippen LogP contribution in [-0.2, 0) is 6.42 Å². The van der Waals surface area contributed by atoms with Crippen LogP contribution in [0.15, 0.2) is 23.2 Å². The Balaban J connectivity index is 1.34.